The van der Waals surface area contributed by atoms with Gasteiger partial charge in [0.05, 0.1) is 10.4 Å². The summed E-state index contributed by atoms with van der Waals surface area (Å²) in [7, 11) is 0. The van der Waals surface area contributed by atoms with Crippen LogP contribution in [0.1, 0.15) is 5.56 Å². The molecule has 20 heavy (non-hydrogen) atoms. The van der Waals surface area contributed by atoms with Gasteiger partial charge in [0.1, 0.15) is 0 Å². The van der Waals surface area contributed by atoms with E-state index in [1.54, 1.807) is 18.3 Å². The third-order valence-electron chi connectivity index (χ3n) is 2.76. The largest absolute Gasteiger partial charge is 0.332 e. The zero-order valence-corrected chi connectivity index (χ0v) is 11.1. The molecule has 0 fully saturated rings. The number of aromatic amines is 1. The lowest BCUT2D eigenvalue weighted by Crippen LogP contribution is -1.88. The van der Waals surface area contributed by atoms with Crippen molar-refractivity contribution in [2.45, 2.75) is 10.9 Å². The summed E-state index contributed by atoms with van der Waals surface area (Å²) in [4.78, 5) is 21.9. The van der Waals surface area contributed by atoms with E-state index in [-0.39, 0.29) is 5.69 Å². The summed E-state index contributed by atoms with van der Waals surface area (Å²) < 4.78 is 0. The first-order chi connectivity index (χ1) is 9.72. The highest BCUT2D eigenvalue weighted by Crippen LogP contribution is 2.23. The number of hydrogen-bond acceptors (Lipinski definition) is 5. The van der Waals surface area contributed by atoms with Crippen molar-refractivity contribution in [2.75, 3.05) is 0 Å². The van der Waals surface area contributed by atoms with Crippen LogP contribution in [0.4, 0.5) is 5.69 Å². The molecule has 1 aromatic carbocycles. The van der Waals surface area contributed by atoms with E-state index >= 15 is 0 Å². The fourth-order valence-corrected chi connectivity index (χ4v) is 2.59. The van der Waals surface area contributed by atoms with Crippen molar-refractivity contribution >= 4 is 28.6 Å². The second-order valence-electron chi connectivity index (χ2n) is 4.13. The van der Waals surface area contributed by atoms with E-state index in [1.165, 1.54) is 23.9 Å². The molecule has 3 rings (SSSR count). The second kappa shape index (κ2) is 5.30. The maximum absolute atomic E-state index is 10.6. The van der Waals surface area contributed by atoms with Crippen molar-refractivity contribution in [3.05, 3.63) is 58.3 Å². The van der Waals surface area contributed by atoms with Gasteiger partial charge >= 0.3 is 0 Å². The normalized spacial score (nSPS) is 10.8. The van der Waals surface area contributed by atoms with Crippen LogP contribution in [0.15, 0.2) is 47.8 Å². The van der Waals surface area contributed by atoms with Gasteiger partial charge in [-0.1, -0.05) is 23.9 Å². The van der Waals surface area contributed by atoms with Gasteiger partial charge in [0.2, 0.25) is 0 Å². The maximum atomic E-state index is 10.6. The summed E-state index contributed by atoms with van der Waals surface area (Å²) in [5.41, 5.74) is 2.71. The van der Waals surface area contributed by atoms with Crippen molar-refractivity contribution in [3.8, 4) is 0 Å². The van der Waals surface area contributed by atoms with Crippen LogP contribution < -0.4 is 0 Å². The zero-order valence-electron chi connectivity index (χ0n) is 10.3. The molecule has 0 saturated heterocycles. The third-order valence-corrected chi connectivity index (χ3v) is 3.70. The van der Waals surface area contributed by atoms with Crippen LogP contribution in [0.3, 0.4) is 0 Å². The number of H-pyrrole nitrogens is 1. The number of nitrogens with zero attached hydrogens (tertiary/aromatic N) is 3. The molecule has 7 heteroatoms. The predicted octanol–water partition coefficient (Wildman–Crippen LogP) is 3.16. The molecule has 0 aliphatic carbocycles. The lowest BCUT2D eigenvalue weighted by molar-refractivity contribution is -0.384. The summed E-state index contributed by atoms with van der Waals surface area (Å²) in [5.74, 6) is 0.692. The van der Waals surface area contributed by atoms with Gasteiger partial charge in [0.15, 0.2) is 10.8 Å². The van der Waals surface area contributed by atoms with E-state index in [1.807, 2.05) is 12.1 Å². The first kappa shape index (κ1) is 12.6. The molecular formula is C13H10N4O2S. The van der Waals surface area contributed by atoms with Crippen molar-refractivity contribution in [3.63, 3.8) is 0 Å². The van der Waals surface area contributed by atoms with Crippen LogP contribution in [-0.2, 0) is 5.75 Å². The Morgan fingerprint density at radius 2 is 2.05 bits per heavy atom. The Balaban J connectivity index is 1.71. The minimum Gasteiger partial charge on any atom is -0.332 e. The van der Waals surface area contributed by atoms with Gasteiger partial charge in [-0.3, -0.25) is 10.1 Å². The van der Waals surface area contributed by atoms with Crippen LogP contribution in [0.2, 0.25) is 0 Å². The summed E-state index contributed by atoms with van der Waals surface area (Å²) in [6.07, 6.45) is 1.70. The molecule has 0 spiro atoms. The van der Waals surface area contributed by atoms with Gasteiger partial charge in [-0.2, -0.15) is 0 Å². The van der Waals surface area contributed by atoms with Crippen LogP contribution in [0.25, 0.3) is 11.2 Å². The highest BCUT2D eigenvalue weighted by Gasteiger charge is 2.06. The number of aromatic nitrogens is 3. The molecule has 2 heterocycles. The Hall–Kier alpha value is -2.41. The minimum absolute atomic E-state index is 0.103. The zero-order chi connectivity index (χ0) is 13.9. The SMILES string of the molecule is O=[N+]([O-])c1ccc(CSc2nc3ncccc3[nH]2)cc1. The van der Waals surface area contributed by atoms with Gasteiger partial charge < -0.3 is 4.98 Å². The number of hydrogen-bond donors (Lipinski definition) is 1. The molecule has 0 radical (unpaired) electrons. The lowest BCUT2D eigenvalue weighted by Gasteiger charge is -1.98. The molecule has 0 atom stereocenters. The topological polar surface area (TPSA) is 84.7 Å². The number of nitro benzene ring substituents is 1. The van der Waals surface area contributed by atoms with E-state index < -0.39 is 4.92 Å². The minimum atomic E-state index is -0.401. The lowest BCUT2D eigenvalue weighted by atomic mass is 10.2. The summed E-state index contributed by atoms with van der Waals surface area (Å²) in [5, 5.41) is 11.4. The van der Waals surface area contributed by atoms with Crippen molar-refractivity contribution in [1.82, 2.24) is 15.0 Å². The molecule has 0 aliphatic heterocycles. The molecule has 3 aromatic rings. The molecule has 1 N–H and O–H groups in total. The van der Waals surface area contributed by atoms with E-state index in [4.69, 9.17) is 0 Å². The van der Waals surface area contributed by atoms with Crippen molar-refractivity contribution < 1.29 is 4.92 Å². The predicted molar refractivity (Wildman–Crippen MR) is 76.5 cm³/mol. The molecule has 0 aliphatic rings. The standard InChI is InChI=1S/C13H10N4O2S/c18-17(19)10-5-3-9(4-6-10)8-20-13-15-11-2-1-7-14-12(11)16-13/h1-7H,8H2,(H,14,15,16). The number of fused-ring (bicyclic) bond motifs is 1. The molecule has 2 aromatic heterocycles. The first-order valence-electron chi connectivity index (χ1n) is 5.89. The van der Waals surface area contributed by atoms with Crippen LogP contribution in [0, 0.1) is 10.1 Å². The Labute approximate surface area is 118 Å². The molecule has 0 saturated carbocycles. The average Bonchev–Trinajstić information content (AvgIpc) is 2.88. The first-order valence-corrected chi connectivity index (χ1v) is 6.88. The molecule has 0 bridgehead atoms. The second-order valence-corrected chi connectivity index (χ2v) is 5.09. The molecule has 100 valence electrons. The fourth-order valence-electron chi connectivity index (χ4n) is 1.76. The number of benzene rings is 1. The summed E-state index contributed by atoms with van der Waals surface area (Å²) >= 11 is 1.54. The van der Waals surface area contributed by atoms with E-state index in [2.05, 4.69) is 15.0 Å². The Kier molecular flexibility index (Phi) is 3.34. The smallest absolute Gasteiger partial charge is 0.269 e. The summed E-state index contributed by atoms with van der Waals surface area (Å²) in [6.45, 7) is 0. The molecular weight excluding hydrogens is 276 g/mol. The average molecular weight is 286 g/mol. The highest BCUT2D eigenvalue weighted by molar-refractivity contribution is 7.98. The maximum Gasteiger partial charge on any atom is 0.269 e. The molecule has 0 unspecified atom stereocenters. The third kappa shape index (κ3) is 2.62. The van der Waals surface area contributed by atoms with Crippen LogP contribution in [0.5, 0.6) is 0 Å². The van der Waals surface area contributed by atoms with Gasteiger partial charge in [-0.25, -0.2) is 9.97 Å². The number of imidazole rings is 1. The number of nitro groups is 1. The Morgan fingerprint density at radius 3 is 2.75 bits per heavy atom. The Morgan fingerprint density at radius 1 is 1.25 bits per heavy atom. The van der Waals surface area contributed by atoms with Gasteiger partial charge in [-0.15, -0.1) is 0 Å². The fraction of sp³-hybridized carbons (Fsp3) is 0.0769. The van der Waals surface area contributed by atoms with Crippen LogP contribution >= 0.6 is 11.8 Å². The monoisotopic (exact) mass is 286 g/mol. The van der Waals surface area contributed by atoms with Crippen LogP contribution in [-0.4, -0.2) is 19.9 Å². The quantitative estimate of drug-likeness (QED) is 0.452. The number of rotatable bonds is 4. The number of non-ortho nitro benzene ring substituents is 1. The molecule has 6 nitrogen and oxygen atoms in total. The van der Waals surface area contributed by atoms with Gasteiger partial charge in [0.25, 0.3) is 5.69 Å². The van der Waals surface area contributed by atoms with Crippen molar-refractivity contribution in [2.24, 2.45) is 0 Å². The van der Waals surface area contributed by atoms with E-state index in [9.17, 15) is 10.1 Å². The van der Waals surface area contributed by atoms with Gasteiger partial charge in [-0.05, 0) is 17.7 Å². The number of thioether (sulfide) groups is 1. The number of pyridine rings is 1. The van der Waals surface area contributed by atoms with Gasteiger partial charge in [0, 0.05) is 24.1 Å². The number of nitrogens with one attached hydrogen (secondary N) is 1. The Bertz CT molecular complexity index is 721. The van der Waals surface area contributed by atoms with E-state index in [0.717, 1.165) is 16.2 Å². The van der Waals surface area contributed by atoms with Crippen molar-refractivity contribution in [1.29, 1.82) is 0 Å². The molecule has 0 amide bonds. The summed E-state index contributed by atoms with van der Waals surface area (Å²) in [6, 6.07) is 10.3. The van der Waals surface area contributed by atoms with E-state index in [0.29, 0.717) is 11.4 Å². The highest BCUT2D eigenvalue weighted by atomic mass is 32.2.